The van der Waals surface area contributed by atoms with Crippen LogP contribution in [0.2, 0.25) is 0 Å². The first-order chi connectivity index (χ1) is 23.8. The summed E-state index contributed by atoms with van der Waals surface area (Å²) in [6, 6.07) is 0. The fourth-order valence-corrected chi connectivity index (χ4v) is 7.52. The van der Waals surface area contributed by atoms with Gasteiger partial charge in [-0.05, 0) is 12.8 Å². The Morgan fingerprint density at radius 3 is 1.21 bits per heavy atom. The topological polar surface area (TPSA) is 44.1 Å². The van der Waals surface area contributed by atoms with E-state index in [9.17, 15) is 4.79 Å². The van der Waals surface area contributed by atoms with E-state index in [0.29, 0.717) is 6.42 Å². The SMILES string of the molecule is CCCCCCCCCCCCCCCCCCCC(=O)NCC[N+]1=C(CCCCCCCCCCCCCCCCCCC)NCC1. The average Bonchev–Trinajstić information content (AvgIpc) is 3.54. The molecule has 284 valence electrons. The van der Waals surface area contributed by atoms with Crippen LogP contribution in [0.25, 0.3) is 0 Å². The first kappa shape index (κ1) is 45.0. The largest absolute Gasteiger partial charge is 0.352 e. The molecule has 0 fully saturated rings. The number of unbranched alkanes of at least 4 members (excludes halogenated alkanes) is 32. The van der Waals surface area contributed by atoms with Gasteiger partial charge in [-0.2, -0.15) is 0 Å². The van der Waals surface area contributed by atoms with Crippen LogP contribution in [0.4, 0.5) is 0 Å². The molecule has 4 heteroatoms. The molecule has 2 N–H and O–H groups in total. The van der Waals surface area contributed by atoms with Gasteiger partial charge in [0, 0.05) is 12.8 Å². The maximum absolute atomic E-state index is 12.4. The molecule has 0 bridgehead atoms. The number of nitrogens with one attached hydrogen (secondary N) is 2. The number of amides is 1. The van der Waals surface area contributed by atoms with Gasteiger partial charge in [0.25, 0.3) is 0 Å². The van der Waals surface area contributed by atoms with Crippen LogP contribution in [-0.2, 0) is 4.79 Å². The molecule has 0 unspecified atom stereocenters. The second-order valence-electron chi connectivity index (χ2n) is 15.5. The molecule has 0 aromatic heterocycles. The first-order valence-corrected chi connectivity index (χ1v) is 22.4. The average molecular weight is 675 g/mol. The Hall–Kier alpha value is -1.06. The molecule has 1 aliphatic heterocycles. The van der Waals surface area contributed by atoms with Crippen molar-refractivity contribution in [2.75, 3.05) is 26.2 Å². The van der Waals surface area contributed by atoms with Gasteiger partial charge in [-0.1, -0.05) is 219 Å². The molecule has 0 aromatic rings. The third kappa shape index (κ3) is 31.0. The highest BCUT2D eigenvalue weighted by Crippen LogP contribution is 2.16. The quantitative estimate of drug-likeness (QED) is 0.0503. The van der Waals surface area contributed by atoms with Gasteiger partial charge < -0.3 is 5.32 Å². The molecule has 1 rings (SSSR count). The van der Waals surface area contributed by atoms with E-state index in [0.717, 1.165) is 32.6 Å². The number of rotatable bonds is 39. The molecule has 0 saturated heterocycles. The second-order valence-corrected chi connectivity index (χ2v) is 15.5. The molecule has 0 saturated carbocycles. The van der Waals surface area contributed by atoms with Crippen LogP contribution >= 0.6 is 0 Å². The summed E-state index contributed by atoms with van der Waals surface area (Å²) < 4.78 is 2.47. The lowest BCUT2D eigenvalue weighted by Crippen LogP contribution is -2.32. The van der Waals surface area contributed by atoms with Gasteiger partial charge >= 0.3 is 0 Å². The molecule has 1 amide bonds. The summed E-state index contributed by atoms with van der Waals surface area (Å²) >= 11 is 0. The molecule has 48 heavy (non-hydrogen) atoms. The zero-order valence-electron chi connectivity index (χ0n) is 33.1. The number of hydrogen-bond acceptors (Lipinski definition) is 2. The van der Waals surface area contributed by atoms with Crippen molar-refractivity contribution in [1.29, 1.82) is 0 Å². The predicted octanol–water partition coefficient (Wildman–Crippen LogP) is 13.2. The van der Waals surface area contributed by atoms with Gasteiger partial charge in [0.2, 0.25) is 11.7 Å². The van der Waals surface area contributed by atoms with Crippen molar-refractivity contribution in [3.05, 3.63) is 0 Å². The van der Waals surface area contributed by atoms with E-state index in [4.69, 9.17) is 0 Å². The van der Waals surface area contributed by atoms with E-state index in [-0.39, 0.29) is 5.91 Å². The Morgan fingerprint density at radius 1 is 0.500 bits per heavy atom. The molecule has 0 radical (unpaired) electrons. The standard InChI is InChI=1S/C44H87N3O/c1-3-5-7-9-11-13-15-17-19-21-23-25-27-29-31-33-35-37-43-45-39-41-47(43)42-40-46-44(48)38-36-34-32-30-28-26-24-22-20-18-16-14-12-10-8-6-4-2/h3-42H2,1-2H3,(H,46,48)/p+1. The molecule has 1 aliphatic rings. The summed E-state index contributed by atoms with van der Waals surface area (Å²) in [4.78, 5) is 12.4. The molecule has 0 aromatic carbocycles. The van der Waals surface area contributed by atoms with Crippen molar-refractivity contribution in [2.24, 2.45) is 0 Å². The minimum atomic E-state index is 0.248. The van der Waals surface area contributed by atoms with Crippen molar-refractivity contribution in [3.8, 4) is 0 Å². The van der Waals surface area contributed by atoms with Crippen LogP contribution < -0.4 is 10.6 Å². The van der Waals surface area contributed by atoms with Crippen LogP contribution in [0.15, 0.2) is 0 Å². The molecule has 0 spiro atoms. The Bertz CT molecular complexity index is 705. The number of amidine groups is 1. The van der Waals surface area contributed by atoms with E-state index in [1.807, 2.05) is 0 Å². The van der Waals surface area contributed by atoms with Crippen molar-refractivity contribution in [2.45, 2.75) is 245 Å². The zero-order chi connectivity index (χ0) is 34.4. The summed E-state index contributed by atoms with van der Waals surface area (Å²) in [6.45, 7) is 8.47. The third-order valence-electron chi connectivity index (χ3n) is 10.8. The normalized spacial score (nSPS) is 13.0. The highest BCUT2D eigenvalue weighted by atomic mass is 16.1. The number of carbonyl (C=O) groups excluding carboxylic acids is 1. The van der Waals surface area contributed by atoms with Gasteiger partial charge in [-0.15, -0.1) is 0 Å². The minimum absolute atomic E-state index is 0.248. The van der Waals surface area contributed by atoms with E-state index < -0.39 is 0 Å². The van der Waals surface area contributed by atoms with Gasteiger partial charge in [-0.25, -0.2) is 0 Å². The second kappa shape index (κ2) is 37.2. The molecule has 0 atom stereocenters. The van der Waals surface area contributed by atoms with Gasteiger partial charge in [0.1, 0.15) is 19.6 Å². The van der Waals surface area contributed by atoms with Crippen LogP contribution in [0, 0.1) is 0 Å². The Morgan fingerprint density at radius 2 is 0.833 bits per heavy atom. The fraction of sp³-hybridized carbons (Fsp3) is 0.955. The van der Waals surface area contributed by atoms with Crippen molar-refractivity contribution < 1.29 is 9.37 Å². The van der Waals surface area contributed by atoms with Gasteiger partial charge in [-0.3, -0.25) is 14.7 Å². The van der Waals surface area contributed by atoms with Crippen molar-refractivity contribution in [1.82, 2.24) is 10.6 Å². The lowest BCUT2D eigenvalue weighted by atomic mass is 10.0. The van der Waals surface area contributed by atoms with Crippen LogP contribution in [0.1, 0.15) is 245 Å². The summed E-state index contributed by atoms with van der Waals surface area (Å²) in [6.07, 6.45) is 49.6. The summed E-state index contributed by atoms with van der Waals surface area (Å²) in [5.41, 5.74) is 0. The van der Waals surface area contributed by atoms with Gasteiger partial charge in [0.15, 0.2) is 0 Å². The third-order valence-corrected chi connectivity index (χ3v) is 10.8. The monoisotopic (exact) mass is 675 g/mol. The maximum Gasteiger partial charge on any atom is 0.244 e. The highest BCUT2D eigenvalue weighted by molar-refractivity contribution is 5.78. The lowest BCUT2D eigenvalue weighted by Gasteiger charge is -2.07. The Labute approximate surface area is 302 Å². The van der Waals surface area contributed by atoms with Crippen LogP contribution in [0.3, 0.4) is 0 Å². The summed E-state index contributed by atoms with van der Waals surface area (Å²) in [7, 11) is 0. The number of hydrogen-bond donors (Lipinski definition) is 2. The smallest absolute Gasteiger partial charge is 0.244 e. The number of nitrogens with zero attached hydrogens (tertiary/aromatic N) is 1. The van der Waals surface area contributed by atoms with Crippen molar-refractivity contribution in [3.63, 3.8) is 0 Å². The fourth-order valence-electron chi connectivity index (χ4n) is 7.52. The van der Waals surface area contributed by atoms with E-state index in [1.54, 1.807) is 0 Å². The van der Waals surface area contributed by atoms with Crippen LogP contribution in [0.5, 0.6) is 0 Å². The maximum atomic E-state index is 12.4. The summed E-state index contributed by atoms with van der Waals surface area (Å²) in [5, 5.41) is 6.80. The van der Waals surface area contributed by atoms with E-state index in [1.165, 1.54) is 224 Å². The molecule has 0 aliphatic carbocycles. The first-order valence-electron chi connectivity index (χ1n) is 22.4. The predicted molar refractivity (Wildman–Crippen MR) is 214 cm³/mol. The van der Waals surface area contributed by atoms with E-state index in [2.05, 4.69) is 29.1 Å². The molecular formula is C44H88N3O+. The zero-order valence-corrected chi connectivity index (χ0v) is 33.1. The number of carbonyl (C=O) groups is 1. The molecular weight excluding hydrogens is 587 g/mol. The van der Waals surface area contributed by atoms with Gasteiger partial charge in [0.05, 0.1) is 6.54 Å². The minimum Gasteiger partial charge on any atom is -0.352 e. The van der Waals surface area contributed by atoms with Crippen LogP contribution in [-0.4, -0.2) is 42.5 Å². The van der Waals surface area contributed by atoms with E-state index >= 15 is 0 Å². The summed E-state index contributed by atoms with van der Waals surface area (Å²) in [5.74, 6) is 1.66. The molecule has 1 heterocycles. The molecule has 4 nitrogen and oxygen atoms in total. The lowest BCUT2D eigenvalue weighted by molar-refractivity contribution is -0.517. The Kier molecular flexibility index (Phi) is 34.8. The van der Waals surface area contributed by atoms with Crippen molar-refractivity contribution >= 4 is 11.7 Å². The Balaban J connectivity index is 1.85. The highest BCUT2D eigenvalue weighted by Gasteiger charge is 2.19.